The Morgan fingerprint density at radius 2 is 1.92 bits per heavy atom. The molecule has 1 fully saturated rings. The summed E-state index contributed by atoms with van der Waals surface area (Å²) in [6, 6.07) is 23.4. The van der Waals surface area contributed by atoms with Gasteiger partial charge in [-0.2, -0.15) is 0 Å². The largest absolute Gasteiger partial charge is 0.494 e. The third-order valence-electron chi connectivity index (χ3n) is 10.1. The summed E-state index contributed by atoms with van der Waals surface area (Å²) in [4.78, 5) is 34.6. The molecule has 1 amide bonds. The molecular weight excluding hydrogens is 654 g/mol. The molecule has 0 saturated carbocycles. The lowest BCUT2D eigenvalue weighted by atomic mass is 9.69. The molecule has 4 heterocycles. The Kier molecular flexibility index (Phi) is 7.47. The smallest absolute Gasteiger partial charge is 0.337 e. The zero-order valence-corrected chi connectivity index (χ0v) is 27.7. The van der Waals surface area contributed by atoms with Crippen LogP contribution in [0, 0.1) is 5.82 Å². The number of benzene rings is 4. The highest BCUT2D eigenvalue weighted by atomic mass is 35.5. The van der Waals surface area contributed by atoms with Crippen LogP contribution in [-0.4, -0.2) is 51.6 Å². The van der Waals surface area contributed by atoms with Gasteiger partial charge in [0, 0.05) is 48.1 Å². The number of fused-ring (bicyclic) bond motifs is 6. The molecule has 48 heavy (non-hydrogen) atoms. The Morgan fingerprint density at radius 1 is 1.08 bits per heavy atom. The van der Waals surface area contributed by atoms with Crippen molar-refractivity contribution in [2.45, 2.75) is 49.9 Å². The number of carbonyl (C=O) groups excluding carboxylic acids is 2. The lowest BCUT2D eigenvalue weighted by Gasteiger charge is -2.46. The van der Waals surface area contributed by atoms with Gasteiger partial charge in [-0.15, -0.1) is 0 Å². The van der Waals surface area contributed by atoms with E-state index in [0.717, 1.165) is 28.2 Å². The zero-order chi connectivity index (χ0) is 33.3. The maximum atomic E-state index is 16.4. The van der Waals surface area contributed by atoms with E-state index >= 15 is 4.39 Å². The second-order valence-electron chi connectivity index (χ2n) is 12.6. The van der Waals surface area contributed by atoms with E-state index in [1.807, 2.05) is 49.4 Å². The van der Waals surface area contributed by atoms with Crippen LogP contribution in [0.15, 0.2) is 78.9 Å². The maximum absolute atomic E-state index is 16.4. The summed E-state index contributed by atoms with van der Waals surface area (Å²) >= 11 is 12.8. The van der Waals surface area contributed by atoms with Gasteiger partial charge in [0.15, 0.2) is 0 Å². The van der Waals surface area contributed by atoms with Crippen LogP contribution in [0.2, 0.25) is 10.0 Å². The molecule has 0 bridgehead atoms. The number of halogens is 3. The molecule has 1 spiro atoms. The van der Waals surface area contributed by atoms with Gasteiger partial charge in [0.05, 0.1) is 35.3 Å². The topological polar surface area (TPSA) is 85.7 Å². The minimum Gasteiger partial charge on any atom is -0.494 e. The minimum atomic E-state index is -1.23. The number of aromatic nitrogens is 2. The lowest BCUT2D eigenvalue weighted by molar-refractivity contribution is -0.129. The summed E-state index contributed by atoms with van der Waals surface area (Å²) in [5.41, 5.74) is 3.47. The number of hydrogen-bond acceptors (Lipinski definition) is 6. The molecule has 0 radical (unpaired) electrons. The monoisotopic (exact) mass is 684 g/mol. The third kappa shape index (κ3) is 4.63. The fourth-order valence-electron chi connectivity index (χ4n) is 8.22. The van der Waals surface area contributed by atoms with E-state index in [9.17, 15) is 9.59 Å². The third-order valence-corrected chi connectivity index (χ3v) is 10.6. The van der Waals surface area contributed by atoms with E-state index in [4.69, 9.17) is 37.7 Å². The second-order valence-corrected chi connectivity index (χ2v) is 13.4. The highest BCUT2D eigenvalue weighted by Crippen LogP contribution is 2.60. The number of hydrogen-bond donors (Lipinski definition) is 1. The summed E-state index contributed by atoms with van der Waals surface area (Å²) in [6.45, 7) is 3.35. The van der Waals surface area contributed by atoms with Crippen LogP contribution >= 0.6 is 23.2 Å². The molecule has 11 heteroatoms. The summed E-state index contributed by atoms with van der Waals surface area (Å²) in [7, 11) is 1.34. The predicted octanol–water partition coefficient (Wildman–Crippen LogP) is 7.37. The van der Waals surface area contributed by atoms with E-state index in [1.54, 1.807) is 30.3 Å². The number of carbonyl (C=O) groups is 2. The molecule has 5 aromatic rings. The number of rotatable bonds is 6. The van der Waals surface area contributed by atoms with Gasteiger partial charge in [0.2, 0.25) is 5.91 Å². The Balaban J connectivity index is 1.36. The van der Waals surface area contributed by atoms with Crippen molar-refractivity contribution >= 4 is 51.8 Å². The molecule has 0 unspecified atom stereocenters. The van der Waals surface area contributed by atoms with Gasteiger partial charge >= 0.3 is 5.97 Å². The number of anilines is 1. The van der Waals surface area contributed by atoms with Gasteiger partial charge in [-0.1, -0.05) is 53.5 Å². The first-order valence-corrected chi connectivity index (χ1v) is 16.6. The fraction of sp³-hybridized carbons (Fsp3) is 0.270. The molecule has 244 valence electrons. The molecule has 1 aromatic heterocycles. The van der Waals surface area contributed by atoms with Crippen molar-refractivity contribution in [1.82, 2.24) is 14.5 Å². The van der Waals surface area contributed by atoms with Crippen LogP contribution in [0.1, 0.15) is 51.6 Å². The molecule has 3 aliphatic heterocycles. The van der Waals surface area contributed by atoms with Gasteiger partial charge in [-0.05, 0) is 72.1 Å². The van der Waals surface area contributed by atoms with Crippen molar-refractivity contribution in [3.63, 3.8) is 0 Å². The first kappa shape index (κ1) is 30.9. The van der Waals surface area contributed by atoms with Crippen LogP contribution in [0.25, 0.3) is 11.0 Å². The second kappa shape index (κ2) is 11.6. The SMILES string of the molecule is CCOc1cccc(CN2[C@H]3Cn4c(nc5cc(C(=O)OC)ccc54)[C@H]3[C@H](c3cccc(Cl)c3F)[C@@]23Cc2ccc(Cl)cc2NC3=O)c1. The Bertz CT molecular complexity index is 2140. The molecule has 8 rings (SSSR count). The van der Waals surface area contributed by atoms with Crippen LogP contribution in [0.4, 0.5) is 10.1 Å². The Morgan fingerprint density at radius 3 is 2.73 bits per heavy atom. The highest BCUT2D eigenvalue weighted by molar-refractivity contribution is 6.31. The lowest BCUT2D eigenvalue weighted by Crippen LogP contribution is -2.61. The van der Waals surface area contributed by atoms with Crippen molar-refractivity contribution in [2.75, 3.05) is 19.0 Å². The molecule has 4 atom stereocenters. The summed E-state index contributed by atoms with van der Waals surface area (Å²) in [5, 5.41) is 3.65. The zero-order valence-electron chi connectivity index (χ0n) is 26.2. The number of nitrogens with zero attached hydrogens (tertiary/aromatic N) is 3. The molecule has 3 aliphatic rings. The van der Waals surface area contributed by atoms with E-state index in [-0.39, 0.29) is 17.0 Å². The van der Waals surface area contributed by atoms with Crippen LogP contribution in [0.3, 0.4) is 0 Å². The fourth-order valence-corrected chi connectivity index (χ4v) is 8.57. The summed E-state index contributed by atoms with van der Waals surface area (Å²) in [6.07, 6.45) is 0.312. The average Bonchev–Trinajstić information content (AvgIpc) is 3.69. The quantitative estimate of drug-likeness (QED) is 0.188. The van der Waals surface area contributed by atoms with Gasteiger partial charge in [0.1, 0.15) is 22.9 Å². The van der Waals surface area contributed by atoms with Crippen LogP contribution < -0.4 is 10.1 Å². The summed E-state index contributed by atoms with van der Waals surface area (Å²) < 4.78 is 29.3. The van der Waals surface area contributed by atoms with Gasteiger partial charge < -0.3 is 19.4 Å². The van der Waals surface area contributed by atoms with Crippen molar-refractivity contribution in [3.05, 3.63) is 123 Å². The number of nitrogens with one attached hydrogen (secondary N) is 1. The van der Waals surface area contributed by atoms with Gasteiger partial charge in [0.25, 0.3) is 0 Å². The van der Waals surface area contributed by atoms with E-state index in [2.05, 4.69) is 14.8 Å². The normalized spacial score (nSPS) is 22.8. The minimum absolute atomic E-state index is 0.0142. The Labute approximate surface area is 286 Å². The number of methoxy groups -OCH3 is 1. The number of esters is 1. The number of imidazole rings is 1. The molecule has 4 aromatic carbocycles. The van der Waals surface area contributed by atoms with Crippen LogP contribution in [0.5, 0.6) is 5.75 Å². The van der Waals surface area contributed by atoms with Crippen LogP contribution in [-0.2, 0) is 29.0 Å². The van der Waals surface area contributed by atoms with E-state index in [1.165, 1.54) is 13.2 Å². The molecule has 0 aliphatic carbocycles. The standard InChI is InChI=1S/C37H31Cl2FN4O4/c1-3-48-24-7-4-6-20(14-24)18-44-30-19-43-29-13-11-21(35(45)47-2)15-28(29)41-34(43)31(30)32(25-8-5-9-26(39)33(25)40)37(44)17-22-10-12-23(38)16-27(22)42-36(37)46/h4-16,30-32H,3,17-19H2,1-2H3,(H,42,46)/t30-,31+,32-,37+/m0/s1. The average molecular weight is 686 g/mol. The first-order chi connectivity index (χ1) is 23.2. The first-order valence-electron chi connectivity index (χ1n) is 15.8. The maximum Gasteiger partial charge on any atom is 0.337 e. The number of ether oxygens (including phenoxy) is 2. The molecule has 1 saturated heterocycles. The van der Waals surface area contributed by atoms with E-state index < -0.39 is 29.2 Å². The summed E-state index contributed by atoms with van der Waals surface area (Å²) in [5.74, 6) is -0.884. The van der Waals surface area contributed by atoms with Crippen molar-refractivity contribution in [2.24, 2.45) is 0 Å². The number of amides is 1. The van der Waals surface area contributed by atoms with Gasteiger partial charge in [-0.25, -0.2) is 14.2 Å². The Hall–Kier alpha value is -4.44. The highest BCUT2D eigenvalue weighted by Gasteiger charge is 2.67. The van der Waals surface area contributed by atoms with Crippen molar-refractivity contribution in [3.8, 4) is 5.75 Å². The van der Waals surface area contributed by atoms with Gasteiger partial charge in [-0.3, -0.25) is 9.69 Å². The van der Waals surface area contributed by atoms with Crippen molar-refractivity contribution < 1.29 is 23.5 Å². The molecule has 8 nitrogen and oxygen atoms in total. The van der Waals surface area contributed by atoms with E-state index in [0.29, 0.717) is 53.5 Å². The number of likely N-dealkylation sites (tertiary alicyclic amines) is 1. The molecular formula is C37H31Cl2FN4O4. The molecule has 1 N–H and O–H groups in total. The predicted molar refractivity (Wildman–Crippen MR) is 181 cm³/mol. The van der Waals surface area contributed by atoms with Crippen molar-refractivity contribution in [1.29, 1.82) is 0 Å².